The van der Waals surface area contributed by atoms with Crippen molar-refractivity contribution in [3.8, 4) is 39.3 Å². The van der Waals surface area contributed by atoms with Crippen LogP contribution in [0, 0.1) is 0 Å². The van der Waals surface area contributed by atoms with Crippen molar-refractivity contribution < 1.29 is 0 Å². The van der Waals surface area contributed by atoms with Crippen LogP contribution < -0.4 is 0 Å². The van der Waals surface area contributed by atoms with E-state index in [9.17, 15) is 0 Å². The monoisotopic (exact) mass is 574 g/mol. The molecule has 0 bridgehead atoms. The molecule has 45 heavy (non-hydrogen) atoms. The standard InChI is InChI=1S/C41H26N4/c1-4-12-27(13-5-1)34-26-35-32(36-24-23-30-22-21-29-16-11-25-42-39(29)40(30)43-36)19-10-20-33(35)41-37(34)38(28-14-6-2-7-15-28)44-45(41)31-17-8-3-9-18-31/h1-26H. The molecule has 0 N–H and O–H groups in total. The van der Waals surface area contributed by atoms with E-state index in [0.29, 0.717) is 0 Å². The lowest BCUT2D eigenvalue weighted by atomic mass is 9.91. The maximum absolute atomic E-state index is 5.34. The summed E-state index contributed by atoms with van der Waals surface area (Å²) in [5.74, 6) is 0. The fourth-order valence-electron chi connectivity index (χ4n) is 6.56. The summed E-state index contributed by atoms with van der Waals surface area (Å²) in [5.41, 5.74) is 10.2. The summed E-state index contributed by atoms with van der Waals surface area (Å²) < 4.78 is 2.11. The van der Waals surface area contributed by atoms with Crippen LogP contribution in [0.4, 0.5) is 0 Å². The summed E-state index contributed by atoms with van der Waals surface area (Å²) in [6.07, 6.45) is 1.84. The van der Waals surface area contributed by atoms with Gasteiger partial charge in [-0.1, -0.05) is 121 Å². The van der Waals surface area contributed by atoms with Gasteiger partial charge in [-0.2, -0.15) is 5.10 Å². The predicted molar refractivity (Wildman–Crippen MR) is 185 cm³/mol. The highest BCUT2D eigenvalue weighted by molar-refractivity contribution is 6.20. The summed E-state index contributed by atoms with van der Waals surface area (Å²) in [6.45, 7) is 0. The Balaban J connectivity index is 1.42. The van der Waals surface area contributed by atoms with Crippen molar-refractivity contribution in [3.63, 3.8) is 0 Å². The van der Waals surface area contributed by atoms with E-state index in [1.165, 1.54) is 0 Å². The van der Waals surface area contributed by atoms with E-state index in [0.717, 1.165) is 82.8 Å². The molecule has 0 saturated heterocycles. The molecule has 6 aromatic carbocycles. The zero-order chi connectivity index (χ0) is 29.7. The third kappa shape index (κ3) is 4.11. The third-order valence-corrected chi connectivity index (χ3v) is 8.65. The van der Waals surface area contributed by atoms with E-state index in [4.69, 9.17) is 15.1 Å². The van der Waals surface area contributed by atoms with Gasteiger partial charge in [-0.25, -0.2) is 9.67 Å². The molecule has 4 nitrogen and oxygen atoms in total. The summed E-state index contributed by atoms with van der Waals surface area (Å²) >= 11 is 0. The maximum Gasteiger partial charge on any atom is 0.101 e. The second-order valence-corrected chi connectivity index (χ2v) is 11.3. The molecule has 0 radical (unpaired) electrons. The van der Waals surface area contributed by atoms with Crippen LogP contribution in [0.5, 0.6) is 0 Å². The van der Waals surface area contributed by atoms with Gasteiger partial charge in [-0.3, -0.25) is 4.98 Å². The first kappa shape index (κ1) is 25.4. The van der Waals surface area contributed by atoms with E-state index in [1.807, 2.05) is 18.3 Å². The number of rotatable bonds is 4. The van der Waals surface area contributed by atoms with E-state index < -0.39 is 0 Å². The highest BCUT2D eigenvalue weighted by atomic mass is 15.3. The quantitative estimate of drug-likeness (QED) is 0.196. The molecule has 0 saturated carbocycles. The molecule has 0 aliphatic rings. The molecule has 0 aliphatic heterocycles. The molecule has 3 aromatic heterocycles. The molecular formula is C41H26N4. The number of hydrogen-bond acceptors (Lipinski definition) is 3. The number of nitrogens with zero attached hydrogens (tertiary/aromatic N) is 4. The topological polar surface area (TPSA) is 43.6 Å². The molecule has 9 aromatic rings. The molecule has 210 valence electrons. The van der Waals surface area contributed by atoms with E-state index in [-0.39, 0.29) is 0 Å². The zero-order valence-corrected chi connectivity index (χ0v) is 24.3. The lowest BCUT2D eigenvalue weighted by Gasteiger charge is -2.14. The van der Waals surface area contributed by atoms with Crippen molar-refractivity contribution in [2.24, 2.45) is 0 Å². The Morgan fingerprint density at radius 3 is 1.96 bits per heavy atom. The Bertz CT molecular complexity index is 2520. The summed E-state index contributed by atoms with van der Waals surface area (Å²) in [5, 5.41) is 10.9. The van der Waals surface area contributed by atoms with Crippen molar-refractivity contribution in [3.05, 3.63) is 158 Å². The van der Waals surface area contributed by atoms with Crippen LogP contribution in [0.25, 0.3) is 82.8 Å². The molecule has 0 atom stereocenters. The molecule has 0 spiro atoms. The van der Waals surface area contributed by atoms with Crippen LogP contribution in [0.2, 0.25) is 0 Å². The fraction of sp³-hybridized carbons (Fsp3) is 0. The van der Waals surface area contributed by atoms with Crippen molar-refractivity contribution in [2.75, 3.05) is 0 Å². The maximum atomic E-state index is 5.34. The van der Waals surface area contributed by atoms with Gasteiger partial charge >= 0.3 is 0 Å². The van der Waals surface area contributed by atoms with Gasteiger partial charge in [0.25, 0.3) is 0 Å². The van der Waals surface area contributed by atoms with Crippen LogP contribution in [0.3, 0.4) is 0 Å². The molecule has 9 rings (SSSR count). The van der Waals surface area contributed by atoms with E-state index in [2.05, 4.69) is 144 Å². The summed E-state index contributed by atoms with van der Waals surface area (Å²) in [4.78, 5) is 9.96. The molecule has 4 heteroatoms. The number of pyridine rings is 2. The van der Waals surface area contributed by atoms with E-state index in [1.54, 1.807) is 0 Å². The highest BCUT2D eigenvalue weighted by Crippen LogP contribution is 2.44. The Morgan fingerprint density at radius 1 is 0.489 bits per heavy atom. The van der Waals surface area contributed by atoms with Crippen LogP contribution in [0.15, 0.2) is 158 Å². The average Bonchev–Trinajstić information content (AvgIpc) is 3.53. The van der Waals surface area contributed by atoms with Gasteiger partial charge in [0.05, 0.1) is 27.9 Å². The van der Waals surface area contributed by atoms with Gasteiger partial charge in [-0.05, 0) is 46.8 Å². The molecule has 0 amide bonds. The number of benzene rings is 6. The number of aromatic nitrogens is 4. The summed E-state index contributed by atoms with van der Waals surface area (Å²) in [6, 6.07) is 53.0. The van der Waals surface area contributed by atoms with Crippen LogP contribution in [0.1, 0.15) is 0 Å². The van der Waals surface area contributed by atoms with E-state index >= 15 is 0 Å². The zero-order valence-electron chi connectivity index (χ0n) is 24.3. The Labute approximate surface area is 259 Å². The molecule has 0 fully saturated rings. The van der Waals surface area contributed by atoms with Crippen LogP contribution >= 0.6 is 0 Å². The molecule has 3 heterocycles. The molecular weight excluding hydrogens is 548 g/mol. The fourth-order valence-corrected chi connectivity index (χ4v) is 6.56. The SMILES string of the molecule is c1ccc(-c2cc3c(-c4ccc5ccc6cccnc6c5n4)cccc3c3c2c(-c2ccccc2)nn3-c2ccccc2)cc1. The highest BCUT2D eigenvalue weighted by Gasteiger charge is 2.22. The lowest BCUT2D eigenvalue weighted by Crippen LogP contribution is -1.97. The Morgan fingerprint density at radius 2 is 1.18 bits per heavy atom. The first-order valence-corrected chi connectivity index (χ1v) is 15.1. The van der Waals surface area contributed by atoms with Crippen molar-refractivity contribution in [2.45, 2.75) is 0 Å². The van der Waals surface area contributed by atoms with Crippen LogP contribution in [-0.4, -0.2) is 19.7 Å². The number of fused-ring (bicyclic) bond motifs is 6. The lowest BCUT2D eigenvalue weighted by molar-refractivity contribution is 0.918. The predicted octanol–water partition coefficient (Wildman–Crippen LogP) is 10.3. The third-order valence-electron chi connectivity index (χ3n) is 8.65. The van der Waals surface area contributed by atoms with Crippen molar-refractivity contribution >= 4 is 43.5 Å². The van der Waals surface area contributed by atoms with Gasteiger partial charge in [0.1, 0.15) is 5.69 Å². The van der Waals surface area contributed by atoms with Gasteiger partial charge in [0.2, 0.25) is 0 Å². The normalized spacial score (nSPS) is 11.6. The minimum absolute atomic E-state index is 0.910. The first-order valence-electron chi connectivity index (χ1n) is 15.1. The van der Waals surface area contributed by atoms with Crippen LogP contribution in [-0.2, 0) is 0 Å². The van der Waals surface area contributed by atoms with Gasteiger partial charge in [-0.15, -0.1) is 0 Å². The Hall–Kier alpha value is -6.13. The molecule has 0 unspecified atom stereocenters. The summed E-state index contributed by atoms with van der Waals surface area (Å²) in [7, 11) is 0. The second kappa shape index (κ2) is 10.2. The van der Waals surface area contributed by atoms with Gasteiger partial charge in [0, 0.05) is 38.9 Å². The van der Waals surface area contributed by atoms with Gasteiger partial charge in [0.15, 0.2) is 0 Å². The number of hydrogen-bond donors (Lipinski definition) is 0. The smallest absolute Gasteiger partial charge is 0.101 e. The van der Waals surface area contributed by atoms with Gasteiger partial charge < -0.3 is 0 Å². The Kier molecular flexibility index (Phi) is 5.78. The average molecular weight is 575 g/mol. The first-order chi connectivity index (χ1) is 22.3. The van der Waals surface area contributed by atoms with Crippen molar-refractivity contribution in [1.29, 1.82) is 0 Å². The molecule has 0 aliphatic carbocycles. The second-order valence-electron chi connectivity index (χ2n) is 11.3. The largest absolute Gasteiger partial charge is 0.254 e. The van der Waals surface area contributed by atoms with Crippen molar-refractivity contribution in [1.82, 2.24) is 19.7 Å². The number of para-hydroxylation sites is 1. The minimum Gasteiger partial charge on any atom is -0.254 e. The minimum atomic E-state index is 0.910.